The van der Waals surface area contributed by atoms with Crippen LogP contribution in [-0.4, -0.2) is 40.8 Å². The van der Waals surface area contributed by atoms with Crippen LogP contribution in [0.25, 0.3) is 0 Å². The summed E-state index contributed by atoms with van der Waals surface area (Å²) < 4.78 is 0. The summed E-state index contributed by atoms with van der Waals surface area (Å²) in [6, 6.07) is 3.58. The normalized spacial score (nSPS) is 18.1. The van der Waals surface area contributed by atoms with Gasteiger partial charge in [0.1, 0.15) is 0 Å². The molecule has 1 saturated heterocycles. The topological polar surface area (TPSA) is 62.3 Å². The molecule has 1 fully saturated rings. The van der Waals surface area contributed by atoms with E-state index in [-0.39, 0.29) is 17.9 Å². The van der Waals surface area contributed by atoms with E-state index >= 15 is 0 Å². The molecule has 2 amide bonds. The lowest BCUT2D eigenvalue weighted by Crippen LogP contribution is -2.49. The lowest BCUT2D eigenvalue weighted by atomic mass is 9.86. The molecule has 1 unspecified atom stereocenters. The third-order valence-corrected chi connectivity index (χ3v) is 4.75. The number of aromatic nitrogens is 1. The number of likely N-dealkylation sites (tertiary alicyclic amines) is 1. The summed E-state index contributed by atoms with van der Waals surface area (Å²) in [7, 11) is 0. The Hall–Kier alpha value is -2.17. The Kier molecular flexibility index (Phi) is 5.53. The molecule has 2 heterocycles. The van der Waals surface area contributed by atoms with Crippen LogP contribution in [0.4, 0.5) is 0 Å². The molecule has 0 aliphatic carbocycles. The Morgan fingerprint density at radius 3 is 2.52 bits per heavy atom. The summed E-state index contributed by atoms with van der Waals surface area (Å²) in [5.41, 5.74) is 0.136. The molecule has 1 atom stereocenters. The maximum atomic E-state index is 12.4. The van der Waals surface area contributed by atoms with Crippen LogP contribution in [0.3, 0.4) is 0 Å². The fourth-order valence-electron chi connectivity index (χ4n) is 2.65. The van der Waals surface area contributed by atoms with E-state index in [0.717, 1.165) is 19.3 Å². The molecule has 0 spiro atoms. The van der Waals surface area contributed by atoms with Crippen LogP contribution in [0, 0.1) is 5.41 Å². The smallest absolute Gasteiger partial charge is 0.253 e. The molecular formula is C18H25N3O2. The second-order valence-corrected chi connectivity index (χ2v) is 6.25. The average Bonchev–Trinajstić information content (AvgIpc) is 2.61. The second-order valence-electron chi connectivity index (χ2n) is 6.25. The third-order valence-electron chi connectivity index (χ3n) is 4.75. The van der Waals surface area contributed by atoms with Crippen molar-refractivity contribution in [3.63, 3.8) is 0 Å². The Bertz CT molecular complexity index is 565. The van der Waals surface area contributed by atoms with Gasteiger partial charge in [0.25, 0.3) is 5.91 Å². The fourth-order valence-corrected chi connectivity index (χ4v) is 2.65. The molecular weight excluding hydrogens is 290 g/mol. The van der Waals surface area contributed by atoms with Gasteiger partial charge >= 0.3 is 0 Å². The molecule has 23 heavy (non-hydrogen) atoms. The summed E-state index contributed by atoms with van der Waals surface area (Å²) in [6.45, 7) is 8.96. The van der Waals surface area contributed by atoms with E-state index in [1.165, 1.54) is 0 Å². The summed E-state index contributed by atoms with van der Waals surface area (Å²) in [5.74, 6) is 0.0515. The molecule has 1 N–H and O–H groups in total. The highest BCUT2D eigenvalue weighted by Crippen LogP contribution is 2.23. The zero-order chi connectivity index (χ0) is 16.9. The van der Waals surface area contributed by atoms with E-state index in [4.69, 9.17) is 0 Å². The van der Waals surface area contributed by atoms with Crippen molar-refractivity contribution in [3.05, 3.63) is 42.7 Å². The predicted octanol–water partition coefficient (Wildman–Crippen LogP) is 2.40. The van der Waals surface area contributed by atoms with E-state index in [2.05, 4.69) is 16.9 Å². The van der Waals surface area contributed by atoms with Crippen LogP contribution >= 0.6 is 0 Å². The highest BCUT2D eigenvalue weighted by atomic mass is 16.2. The molecule has 0 radical (unpaired) electrons. The van der Waals surface area contributed by atoms with Gasteiger partial charge in [-0.25, -0.2) is 0 Å². The number of piperidine rings is 1. The first kappa shape index (κ1) is 17.2. The number of nitrogens with one attached hydrogen (secondary N) is 1. The van der Waals surface area contributed by atoms with Crippen LogP contribution in [0.2, 0.25) is 0 Å². The molecule has 1 aromatic heterocycles. The minimum absolute atomic E-state index is 0.0221. The number of hydrogen-bond donors (Lipinski definition) is 1. The number of carbonyl (C=O) groups is 2. The summed E-state index contributed by atoms with van der Waals surface area (Å²) in [6.07, 6.45) is 7.24. The number of nitrogens with zero attached hydrogens (tertiary/aromatic N) is 2. The van der Waals surface area contributed by atoms with Gasteiger partial charge in [-0.1, -0.05) is 13.0 Å². The SMILES string of the molecule is C=CC(C)(CC)C(=O)NC1CCN(C(=O)c2ccncc2)CC1. The van der Waals surface area contributed by atoms with Crippen molar-refractivity contribution >= 4 is 11.8 Å². The fraction of sp³-hybridized carbons (Fsp3) is 0.500. The maximum absolute atomic E-state index is 12.4. The Morgan fingerprint density at radius 2 is 2.00 bits per heavy atom. The van der Waals surface area contributed by atoms with Crippen molar-refractivity contribution in [3.8, 4) is 0 Å². The highest BCUT2D eigenvalue weighted by molar-refractivity contribution is 5.94. The van der Waals surface area contributed by atoms with Crippen molar-refractivity contribution in [1.29, 1.82) is 0 Å². The van der Waals surface area contributed by atoms with Crippen LogP contribution in [0.1, 0.15) is 43.5 Å². The number of rotatable bonds is 5. The van der Waals surface area contributed by atoms with Crippen molar-refractivity contribution < 1.29 is 9.59 Å². The molecule has 0 bridgehead atoms. The minimum Gasteiger partial charge on any atom is -0.352 e. The molecule has 124 valence electrons. The van der Waals surface area contributed by atoms with Gasteiger partial charge in [0.2, 0.25) is 5.91 Å². The Balaban J connectivity index is 1.88. The lowest BCUT2D eigenvalue weighted by molar-refractivity contribution is -0.129. The second kappa shape index (κ2) is 7.40. The number of carbonyl (C=O) groups excluding carboxylic acids is 2. The average molecular weight is 315 g/mol. The zero-order valence-corrected chi connectivity index (χ0v) is 13.9. The predicted molar refractivity (Wildman–Crippen MR) is 89.9 cm³/mol. The van der Waals surface area contributed by atoms with Crippen LogP contribution in [-0.2, 0) is 4.79 Å². The van der Waals surface area contributed by atoms with Gasteiger partial charge in [0.05, 0.1) is 5.41 Å². The van der Waals surface area contributed by atoms with E-state index in [9.17, 15) is 9.59 Å². The summed E-state index contributed by atoms with van der Waals surface area (Å²) in [5, 5.41) is 3.10. The van der Waals surface area contributed by atoms with Gasteiger partial charge in [0.15, 0.2) is 0 Å². The number of pyridine rings is 1. The van der Waals surface area contributed by atoms with Gasteiger partial charge in [-0.3, -0.25) is 14.6 Å². The number of hydrogen-bond acceptors (Lipinski definition) is 3. The molecule has 0 saturated carbocycles. The lowest BCUT2D eigenvalue weighted by Gasteiger charge is -2.34. The highest BCUT2D eigenvalue weighted by Gasteiger charge is 2.31. The van der Waals surface area contributed by atoms with Crippen molar-refractivity contribution in [1.82, 2.24) is 15.2 Å². The first-order valence-corrected chi connectivity index (χ1v) is 8.14. The molecule has 5 nitrogen and oxygen atoms in total. The van der Waals surface area contributed by atoms with E-state index < -0.39 is 5.41 Å². The van der Waals surface area contributed by atoms with Crippen LogP contribution in [0.15, 0.2) is 37.2 Å². The Labute approximate surface area is 137 Å². The van der Waals surface area contributed by atoms with Crippen molar-refractivity contribution in [2.24, 2.45) is 5.41 Å². The quantitative estimate of drug-likeness (QED) is 0.849. The molecule has 2 rings (SSSR count). The standard InChI is InChI=1S/C18H25N3O2/c1-4-18(3,5-2)17(23)20-15-8-12-21(13-9-15)16(22)14-6-10-19-11-7-14/h4,6-7,10-11,15H,1,5,8-9,12-13H2,2-3H3,(H,20,23). The number of amides is 2. The van der Waals surface area contributed by atoms with Crippen molar-refractivity contribution in [2.45, 2.75) is 39.2 Å². The summed E-state index contributed by atoms with van der Waals surface area (Å²) >= 11 is 0. The van der Waals surface area contributed by atoms with Gasteiger partial charge in [-0.15, -0.1) is 6.58 Å². The maximum Gasteiger partial charge on any atom is 0.253 e. The van der Waals surface area contributed by atoms with E-state index in [1.807, 2.05) is 18.7 Å². The van der Waals surface area contributed by atoms with E-state index in [1.54, 1.807) is 30.6 Å². The third kappa shape index (κ3) is 3.97. The van der Waals surface area contributed by atoms with E-state index in [0.29, 0.717) is 18.7 Å². The molecule has 0 aromatic carbocycles. The first-order valence-electron chi connectivity index (χ1n) is 8.14. The first-order chi connectivity index (χ1) is 11.0. The van der Waals surface area contributed by atoms with Gasteiger partial charge < -0.3 is 10.2 Å². The molecule has 1 aromatic rings. The Morgan fingerprint density at radius 1 is 1.39 bits per heavy atom. The largest absolute Gasteiger partial charge is 0.352 e. The minimum atomic E-state index is -0.524. The van der Waals surface area contributed by atoms with Gasteiger partial charge in [0, 0.05) is 37.1 Å². The van der Waals surface area contributed by atoms with Gasteiger partial charge in [-0.05, 0) is 38.3 Å². The van der Waals surface area contributed by atoms with Crippen LogP contribution in [0.5, 0.6) is 0 Å². The monoisotopic (exact) mass is 315 g/mol. The molecule has 1 aliphatic heterocycles. The summed E-state index contributed by atoms with van der Waals surface area (Å²) in [4.78, 5) is 30.5. The molecule has 5 heteroatoms. The van der Waals surface area contributed by atoms with Crippen molar-refractivity contribution in [2.75, 3.05) is 13.1 Å². The molecule has 1 aliphatic rings. The zero-order valence-electron chi connectivity index (χ0n) is 13.9. The van der Waals surface area contributed by atoms with Crippen LogP contribution < -0.4 is 5.32 Å². The van der Waals surface area contributed by atoms with Gasteiger partial charge in [-0.2, -0.15) is 0 Å².